The van der Waals surface area contributed by atoms with Crippen LogP contribution in [-0.4, -0.2) is 52.7 Å². The summed E-state index contributed by atoms with van der Waals surface area (Å²) in [6.45, 7) is 0. The first kappa shape index (κ1) is 39.1. The van der Waals surface area contributed by atoms with Crippen LogP contribution in [0.15, 0.2) is 78.4 Å². The standard InChI is InChI=1S/C42H29Cl2F5N2O7/c1-57-24-13-16-28(58-2)21(17-24)6-3-19-4-9-22(10-5-19)50-37(53)26-15-14-25-27(29(26)38(50)54)18-41(43)39(55)51(36-34(48)32(46)31(45)33(47)35(36)49)40(56)42(41,44)30(25)20-7-11-23(52)12-8-20/h3-14,16-17,26-27,29-30,52H,15,18H2,1-2H3. The largest absolute Gasteiger partial charge is 0.508 e. The highest BCUT2D eigenvalue weighted by molar-refractivity contribution is 6.58. The molecule has 298 valence electrons. The molecule has 6 atom stereocenters. The molecule has 2 saturated heterocycles. The molecule has 6 unspecified atom stereocenters. The van der Waals surface area contributed by atoms with Gasteiger partial charge in [-0.25, -0.2) is 26.9 Å². The van der Waals surface area contributed by atoms with E-state index in [1.165, 1.54) is 31.4 Å². The number of carbonyl (C=O) groups is 4. The molecular formula is C42H29Cl2F5N2O7. The van der Waals surface area contributed by atoms with Crippen molar-refractivity contribution < 1.29 is 55.7 Å². The number of carbonyl (C=O) groups excluding carboxylic acids is 4. The van der Waals surface area contributed by atoms with E-state index in [0.717, 1.165) is 10.5 Å². The number of phenolic OH excluding ortho intramolecular Hbond substituents is 1. The van der Waals surface area contributed by atoms with Gasteiger partial charge in [0.1, 0.15) is 22.9 Å². The fraction of sp³-hybridized carbons (Fsp3) is 0.238. The summed E-state index contributed by atoms with van der Waals surface area (Å²) in [5, 5.41) is 10.1. The van der Waals surface area contributed by atoms with E-state index >= 15 is 8.78 Å². The molecule has 3 fully saturated rings. The van der Waals surface area contributed by atoms with Crippen LogP contribution in [0.3, 0.4) is 0 Å². The third-order valence-electron chi connectivity index (χ3n) is 11.5. The number of amides is 4. The van der Waals surface area contributed by atoms with Crippen molar-refractivity contribution in [2.45, 2.75) is 28.5 Å². The first-order chi connectivity index (χ1) is 27.6. The molecule has 0 spiro atoms. The van der Waals surface area contributed by atoms with Crippen LogP contribution in [0.5, 0.6) is 17.2 Å². The van der Waals surface area contributed by atoms with Crippen LogP contribution in [0.2, 0.25) is 0 Å². The number of ether oxygens (including phenoxy) is 2. The van der Waals surface area contributed by atoms with Crippen molar-refractivity contribution in [3.63, 3.8) is 0 Å². The van der Waals surface area contributed by atoms with Gasteiger partial charge < -0.3 is 14.6 Å². The van der Waals surface area contributed by atoms with Gasteiger partial charge in [0, 0.05) is 11.5 Å². The Bertz CT molecular complexity index is 2490. The summed E-state index contributed by atoms with van der Waals surface area (Å²) in [6.07, 6.45) is 4.53. The van der Waals surface area contributed by atoms with Crippen molar-refractivity contribution in [2.24, 2.45) is 17.8 Å². The SMILES string of the molecule is COc1ccc(OC)c(C=Cc2ccc(N3C(=O)C4CC=C5C(CC6(Cl)C(=O)N(c7c(F)c(F)c(F)c(F)c7F)C(=O)C6(Cl)C5c5ccc(O)cc5)C4C3=O)cc2)c1. The normalized spacial score (nSPS) is 26.5. The summed E-state index contributed by atoms with van der Waals surface area (Å²) < 4.78 is 84.3. The molecule has 1 N–H and O–H groups in total. The third kappa shape index (κ3) is 5.48. The average molecular weight is 840 g/mol. The molecule has 58 heavy (non-hydrogen) atoms. The average Bonchev–Trinajstić information content (AvgIpc) is 3.56. The minimum atomic E-state index is -2.67. The highest BCUT2D eigenvalue weighted by atomic mass is 35.5. The molecule has 16 heteroatoms. The molecule has 2 aliphatic heterocycles. The fourth-order valence-electron chi connectivity index (χ4n) is 8.75. The van der Waals surface area contributed by atoms with Crippen LogP contribution in [0, 0.1) is 46.8 Å². The monoisotopic (exact) mass is 838 g/mol. The fourth-order valence-corrected chi connectivity index (χ4v) is 9.69. The van der Waals surface area contributed by atoms with Crippen LogP contribution in [0.4, 0.5) is 33.3 Å². The number of hydrogen-bond acceptors (Lipinski definition) is 7. The summed E-state index contributed by atoms with van der Waals surface area (Å²) in [6, 6.07) is 17.0. The zero-order valence-corrected chi connectivity index (χ0v) is 31.8. The van der Waals surface area contributed by atoms with Crippen molar-refractivity contribution >= 4 is 70.4 Å². The zero-order chi connectivity index (χ0) is 41.6. The maximum Gasteiger partial charge on any atom is 0.258 e. The van der Waals surface area contributed by atoms with Gasteiger partial charge in [0.15, 0.2) is 33.0 Å². The van der Waals surface area contributed by atoms with Crippen molar-refractivity contribution in [3.8, 4) is 17.2 Å². The lowest BCUT2D eigenvalue weighted by atomic mass is 9.56. The molecule has 4 aliphatic rings. The maximum atomic E-state index is 15.3. The summed E-state index contributed by atoms with van der Waals surface area (Å²) in [4.78, 5) is 52.8. The van der Waals surface area contributed by atoms with Crippen molar-refractivity contribution in [1.29, 1.82) is 0 Å². The molecule has 2 aliphatic carbocycles. The maximum absolute atomic E-state index is 15.3. The second-order valence-corrected chi connectivity index (χ2v) is 15.6. The molecule has 2 heterocycles. The van der Waals surface area contributed by atoms with Crippen LogP contribution >= 0.6 is 23.2 Å². The number of anilines is 2. The lowest BCUT2D eigenvalue weighted by molar-refractivity contribution is -0.125. The Morgan fingerprint density at radius 1 is 0.741 bits per heavy atom. The van der Waals surface area contributed by atoms with E-state index < -0.39 is 98.2 Å². The predicted molar refractivity (Wildman–Crippen MR) is 202 cm³/mol. The number of fused-ring (bicyclic) bond motifs is 4. The van der Waals surface area contributed by atoms with E-state index in [1.807, 2.05) is 0 Å². The van der Waals surface area contributed by atoms with Gasteiger partial charge in [-0.1, -0.05) is 48.1 Å². The second kappa shape index (κ2) is 14.0. The zero-order valence-electron chi connectivity index (χ0n) is 30.2. The lowest BCUT2D eigenvalue weighted by Gasteiger charge is -2.50. The molecule has 9 nitrogen and oxygen atoms in total. The van der Waals surface area contributed by atoms with E-state index in [2.05, 4.69) is 0 Å². The number of phenols is 1. The first-order valence-electron chi connectivity index (χ1n) is 17.7. The van der Waals surface area contributed by atoms with E-state index in [4.69, 9.17) is 32.7 Å². The number of aromatic hydroxyl groups is 1. The molecule has 4 amide bonds. The quantitative estimate of drug-likeness (QED) is 0.0382. The van der Waals surface area contributed by atoms with E-state index in [0.29, 0.717) is 17.1 Å². The van der Waals surface area contributed by atoms with Crippen molar-refractivity contribution in [1.82, 2.24) is 0 Å². The van der Waals surface area contributed by atoms with Crippen LogP contribution in [0.25, 0.3) is 12.2 Å². The number of alkyl halides is 2. The topological polar surface area (TPSA) is 113 Å². The Kier molecular flexibility index (Phi) is 9.43. The van der Waals surface area contributed by atoms with E-state index in [1.54, 1.807) is 67.8 Å². The summed E-state index contributed by atoms with van der Waals surface area (Å²) in [7, 11) is 3.08. The summed E-state index contributed by atoms with van der Waals surface area (Å²) in [5.41, 5.74) is 0.274. The number of nitrogens with zero attached hydrogens (tertiary/aromatic N) is 2. The molecule has 4 aromatic carbocycles. The van der Waals surface area contributed by atoms with Gasteiger partial charge in [0.25, 0.3) is 11.8 Å². The lowest BCUT2D eigenvalue weighted by Crippen LogP contribution is -2.60. The molecule has 0 bridgehead atoms. The van der Waals surface area contributed by atoms with Gasteiger partial charge in [0.05, 0.1) is 31.7 Å². The van der Waals surface area contributed by atoms with Crippen molar-refractivity contribution in [3.05, 3.63) is 124 Å². The molecule has 0 radical (unpaired) electrons. The number of halogens is 7. The highest BCUT2D eigenvalue weighted by Crippen LogP contribution is 2.66. The molecule has 4 aromatic rings. The van der Waals surface area contributed by atoms with E-state index in [-0.39, 0.29) is 33.9 Å². The molecule has 1 saturated carbocycles. The summed E-state index contributed by atoms with van der Waals surface area (Å²) in [5.74, 6) is -20.3. The Balaban J connectivity index is 1.17. The Morgan fingerprint density at radius 2 is 1.38 bits per heavy atom. The van der Waals surface area contributed by atoms with E-state index in [9.17, 15) is 37.5 Å². The van der Waals surface area contributed by atoms with Gasteiger partial charge in [-0.2, -0.15) is 0 Å². The number of allylic oxidation sites excluding steroid dienone is 2. The van der Waals surface area contributed by atoms with Gasteiger partial charge >= 0.3 is 0 Å². The third-order valence-corrected chi connectivity index (χ3v) is 12.9. The van der Waals surface area contributed by atoms with Gasteiger partial charge in [0.2, 0.25) is 17.6 Å². The molecule has 8 rings (SSSR count). The summed E-state index contributed by atoms with van der Waals surface area (Å²) >= 11 is 14.3. The number of imide groups is 2. The van der Waals surface area contributed by atoms with Crippen molar-refractivity contribution in [2.75, 3.05) is 24.0 Å². The first-order valence-corrected chi connectivity index (χ1v) is 18.5. The Labute approximate surface area is 336 Å². The molecular weight excluding hydrogens is 810 g/mol. The number of benzene rings is 4. The van der Waals surface area contributed by atoms with Crippen LogP contribution < -0.4 is 19.3 Å². The minimum absolute atomic E-state index is 0.0267. The van der Waals surface area contributed by atoms with Crippen LogP contribution in [-0.2, 0) is 19.2 Å². The highest BCUT2D eigenvalue weighted by Gasteiger charge is 2.77. The van der Waals surface area contributed by atoms with Gasteiger partial charge in [-0.15, -0.1) is 23.2 Å². The number of hydrogen-bond donors (Lipinski definition) is 1. The Hall–Kier alpha value is -5.73. The predicted octanol–water partition coefficient (Wildman–Crippen LogP) is 8.04. The number of methoxy groups -OCH3 is 2. The van der Waals surface area contributed by atoms with Crippen LogP contribution in [0.1, 0.15) is 35.4 Å². The smallest absolute Gasteiger partial charge is 0.258 e. The number of rotatable bonds is 7. The van der Waals surface area contributed by atoms with Gasteiger partial charge in [-0.3, -0.25) is 24.1 Å². The second-order valence-electron chi connectivity index (χ2n) is 14.3. The molecule has 0 aromatic heterocycles. The Morgan fingerprint density at radius 3 is 2.00 bits per heavy atom. The van der Waals surface area contributed by atoms with Gasteiger partial charge in [-0.05, 0) is 72.4 Å². The minimum Gasteiger partial charge on any atom is -0.508 e.